The molecular weight excluding hydrogens is 355 g/mol. The molecule has 0 spiro atoms. The summed E-state index contributed by atoms with van der Waals surface area (Å²) < 4.78 is 40.3. The maximum absolute atomic E-state index is 13.0. The van der Waals surface area contributed by atoms with Crippen molar-refractivity contribution in [3.63, 3.8) is 0 Å². The molecule has 1 heterocycles. The van der Waals surface area contributed by atoms with Crippen molar-refractivity contribution in [1.29, 1.82) is 0 Å². The average molecular weight is 379 g/mol. The fraction of sp³-hybridized carbons (Fsp3) is 0.500. The van der Waals surface area contributed by atoms with Gasteiger partial charge in [-0.25, -0.2) is 4.68 Å². The molecule has 0 N–H and O–H groups in total. The first-order valence-electron chi connectivity index (χ1n) is 9.18. The summed E-state index contributed by atoms with van der Waals surface area (Å²) in [5.74, 6) is 0.556. The van der Waals surface area contributed by atoms with E-state index in [4.69, 9.17) is 0 Å². The standard InChI is InChI=1S/C20H24F3N3O/c1-13-7-9-16(10-8-13)25(3)19(27)18-12-24-26(14(18)2)17-6-4-5-15(11-17)20(21,22)23/h4-6,11-13,16H,7-10H2,1-3H3. The predicted octanol–water partition coefficient (Wildman–Crippen LogP) is 4.85. The third-order valence-corrected chi connectivity index (χ3v) is 5.51. The number of hydrogen-bond donors (Lipinski definition) is 0. The highest BCUT2D eigenvalue weighted by atomic mass is 19.4. The molecule has 1 aliphatic rings. The van der Waals surface area contributed by atoms with Crippen LogP contribution in [0.5, 0.6) is 0 Å². The second-order valence-corrected chi connectivity index (χ2v) is 7.43. The summed E-state index contributed by atoms with van der Waals surface area (Å²) in [6.07, 6.45) is 1.18. The molecule has 27 heavy (non-hydrogen) atoms. The molecule has 0 aliphatic heterocycles. The zero-order chi connectivity index (χ0) is 19.8. The van der Waals surface area contributed by atoms with Gasteiger partial charge in [0.1, 0.15) is 0 Å². The molecule has 2 aromatic rings. The number of nitrogens with zero attached hydrogens (tertiary/aromatic N) is 3. The molecule has 146 valence electrons. The van der Waals surface area contributed by atoms with Gasteiger partial charge in [-0.1, -0.05) is 13.0 Å². The van der Waals surface area contributed by atoms with Gasteiger partial charge < -0.3 is 4.90 Å². The number of rotatable bonds is 3. The van der Waals surface area contributed by atoms with Crippen molar-refractivity contribution in [2.45, 2.75) is 51.7 Å². The van der Waals surface area contributed by atoms with E-state index >= 15 is 0 Å². The zero-order valence-corrected chi connectivity index (χ0v) is 15.8. The molecule has 1 aromatic carbocycles. The van der Waals surface area contributed by atoms with Gasteiger partial charge >= 0.3 is 6.18 Å². The number of carbonyl (C=O) groups excluding carboxylic acids is 1. The second-order valence-electron chi connectivity index (χ2n) is 7.43. The van der Waals surface area contributed by atoms with E-state index in [1.807, 2.05) is 0 Å². The SMILES string of the molecule is Cc1c(C(=O)N(C)C2CCC(C)CC2)cnn1-c1cccc(C(F)(F)F)c1. The smallest absolute Gasteiger partial charge is 0.339 e. The number of aromatic nitrogens is 2. The van der Waals surface area contributed by atoms with Crippen molar-refractivity contribution in [3.05, 3.63) is 47.3 Å². The van der Waals surface area contributed by atoms with Crippen LogP contribution in [0.2, 0.25) is 0 Å². The highest BCUT2D eigenvalue weighted by Crippen LogP contribution is 2.31. The van der Waals surface area contributed by atoms with E-state index in [-0.39, 0.29) is 17.6 Å². The number of hydrogen-bond acceptors (Lipinski definition) is 2. The van der Waals surface area contributed by atoms with Crippen LogP contribution >= 0.6 is 0 Å². The molecule has 0 bridgehead atoms. The number of alkyl halides is 3. The van der Waals surface area contributed by atoms with Crippen LogP contribution in [0.4, 0.5) is 13.2 Å². The predicted molar refractivity (Wildman–Crippen MR) is 96.8 cm³/mol. The molecule has 0 radical (unpaired) electrons. The van der Waals surface area contributed by atoms with E-state index in [1.165, 1.54) is 16.9 Å². The Labute approximate surface area is 157 Å². The largest absolute Gasteiger partial charge is 0.416 e. The zero-order valence-electron chi connectivity index (χ0n) is 15.8. The first kappa shape index (κ1) is 19.5. The lowest BCUT2D eigenvalue weighted by molar-refractivity contribution is -0.137. The summed E-state index contributed by atoms with van der Waals surface area (Å²) in [5.41, 5.74) is 0.510. The van der Waals surface area contributed by atoms with Crippen LogP contribution < -0.4 is 0 Å². The monoisotopic (exact) mass is 379 g/mol. The molecule has 4 nitrogen and oxygen atoms in total. The molecule has 0 atom stereocenters. The third kappa shape index (κ3) is 4.01. The Kier molecular flexibility index (Phi) is 5.31. The Balaban J connectivity index is 1.84. The van der Waals surface area contributed by atoms with Gasteiger partial charge in [0.2, 0.25) is 0 Å². The molecule has 0 saturated heterocycles. The minimum Gasteiger partial charge on any atom is -0.339 e. The van der Waals surface area contributed by atoms with E-state index in [9.17, 15) is 18.0 Å². The molecule has 1 amide bonds. The highest BCUT2D eigenvalue weighted by molar-refractivity contribution is 5.95. The molecule has 7 heteroatoms. The van der Waals surface area contributed by atoms with Crippen molar-refractivity contribution >= 4 is 5.91 Å². The van der Waals surface area contributed by atoms with Crippen molar-refractivity contribution in [2.75, 3.05) is 7.05 Å². The van der Waals surface area contributed by atoms with Gasteiger partial charge in [-0.15, -0.1) is 0 Å². The lowest BCUT2D eigenvalue weighted by Gasteiger charge is -2.33. The summed E-state index contributed by atoms with van der Waals surface area (Å²) >= 11 is 0. The molecule has 1 fully saturated rings. The molecule has 1 aromatic heterocycles. The normalized spacial score (nSPS) is 20.5. The number of benzene rings is 1. The maximum Gasteiger partial charge on any atom is 0.416 e. The Morgan fingerprint density at radius 1 is 1.22 bits per heavy atom. The van der Waals surface area contributed by atoms with Crippen molar-refractivity contribution in [1.82, 2.24) is 14.7 Å². The lowest BCUT2D eigenvalue weighted by Crippen LogP contribution is -2.39. The van der Waals surface area contributed by atoms with Gasteiger partial charge in [-0.2, -0.15) is 18.3 Å². The highest BCUT2D eigenvalue weighted by Gasteiger charge is 2.31. The van der Waals surface area contributed by atoms with Crippen LogP contribution in [0.15, 0.2) is 30.5 Å². The van der Waals surface area contributed by atoms with Gasteiger partial charge in [0.15, 0.2) is 0 Å². The Morgan fingerprint density at radius 3 is 2.52 bits per heavy atom. The summed E-state index contributed by atoms with van der Waals surface area (Å²) in [6.45, 7) is 3.93. The molecular formula is C20H24F3N3O. The quantitative estimate of drug-likeness (QED) is 0.765. The van der Waals surface area contributed by atoms with Crippen LogP contribution in [0.1, 0.15) is 54.2 Å². The summed E-state index contributed by atoms with van der Waals surface area (Å²) in [5, 5.41) is 4.17. The first-order chi connectivity index (χ1) is 12.7. The molecule has 1 saturated carbocycles. The minimum absolute atomic E-state index is 0.134. The van der Waals surface area contributed by atoms with Crippen molar-refractivity contribution in [2.24, 2.45) is 5.92 Å². The van der Waals surface area contributed by atoms with Crippen LogP contribution in [0, 0.1) is 12.8 Å². The fourth-order valence-corrected chi connectivity index (χ4v) is 3.68. The lowest BCUT2D eigenvalue weighted by atomic mass is 9.86. The van der Waals surface area contributed by atoms with Gasteiger partial charge in [0.05, 0.1) is 28.7 Å². The summed E-state index contributed by atoms with van der Waals surface area (Å²) in [4.78, 5) is 14.7. The van der Waals surface area contributed by atoms with Crippen molar-refractivity contribution < 1.29 is 18.0 Å². The van der Waals surface area contributed by atoms with Crippen LogP contribution in [0.25, 0.3) is 5.69 Å². The van der Waals surface area contributed by atoms with Crippen LogP contribution in [-0.2, 0) is 6.18 Å². The second kappa shape index (κ2) is 7.37. The average Bonchev–Trinajstić information content (AvgIpc) is 3.02. The van der Waals surface area contributed by atoms with Crippen LogP contribution in [0.3, 0.4) is 0 Å². The summed E-state index contributed by atoms with van der Waals surface area (Å²) in [6, 6.07) is 5.16. The van der Waals surface area contributed by atoms with Gasteiger partial charge in [0, 0.05) is 13.1 Å². The van der Waals surface area contributed by atoms with E-state index in [1.54, 1.807) is 24.9 Å². The topological polar surface area (TPSA) is 38.1 Å². The first-order valence-corrected chi connectivity index (χ1v) is 9.18. The molecule has 0 unspecified atom stereocenters. The van der Waals surface area contributed by atoms with E-state index in [0.29, 0.717) is 17.2 Å². The molecule has 1 aliphatic carbocycles. The van der Waals surface area contributed by atoms with E-state index in [2.05, 4.69) is 12.0 Å². The van der Waals surface area contributed by atoms with Gasteiger partial charge in [0.25, 0.3) is 5.91 Å². The third-order valence-electron chi connectivity index (χ3n) is 5.51. The van der Waals surface area contributed by atoms with Crippen LogP contribution in [-0.4, -0.2) is 33.7 Å². The Bertz CT molecular complexity index is 820. The Hall–Kier alpha value is -2.31. The van der Waals surface area contributed by atoms with Crippen molar-refractivity contribution in [3.8, 4) is 5.69 Å². The number of carbonyl (C=O) groups is 1. The number of amides is 1. The summed E-state index contributed by atoms with van der Waals surface area (Å²) in [7, 11) is 1.80. The Morgan fingerprint density at radius 2 is 1.89 bits per heavy atom. The minimum atomic E-state index is -4.42. The number of halogens is 3. The van der Waals surface area contributed by atoms with Gasteiger partial charge in [-0.3, -0.25) is 4.79 Å². The van der Waals surface area contributed by atoms with E-state index < -0.39 is 11.7 Å². The fourth-order valence-electron chi connectivity index (χ4n) is 3.68. The van der Waals surface area contributed by atoms with Gasteiger partial charge in [-0.05, 0) is 56.7 Å². The maximum atomic E-state index is 13.0. The van der Waals surface area contributed by atoms with E-state index in [0.717, 1.165) is 37.8 Å². The molecule has 3 rings (SSSR count).